The Bertz CT molecular complexity index is 198. The molecule has 0 aliphatic heterocycles. The maximum Gasteiger partial charge on any atom is 0.321 e. The third-order valence-corrected chi connectivity index (χ3v) is 2.72. The van der Waals surface area contributed by atoms with Gasteiger partial charge in [0.15, 0.2) is 0 Å². The molecular formula is C8H15NO4S. The molecule has 5 nitrogen and oxygen atoms in total. The van der Waals surface area contributed by atoms with Crippen molar-refractivity contribution in [1.82, 2.24) is 0 Å². The summed E-state index contributed by atoms with van der Waals surface area (Å²) in [6, 6.07) is -0.820. The van der Waals surface area contributed by atoms with Crippen molar-refractivity contribution in [2.45, 2.75) is 25.3 Å². The number of rotatable bonds is 8. The van der Waals surface area contributed by atoms with Crippen molar-refractivity contribution in [3.63, 3.8) is 0 Å². The third-order valence-electron chi connectivity index (χ3n) is 1.54. The average molecular weight is 221 g/mol. The molecule has 0 fully saturated rings. The molecule has 6 heteroatoms. The first-order valence-electron chi connectivity index (χ1n) is 4.32. The van der Waals surface area contributed by atoms with E-state index < -0.39 is 18.0 Å². The summed E-state index contributed by atoms with van der Waals surface area (Å²) in [7, 11) is 0. The van der Waals surface area contributed by atoms with E-state index in [9.17, 15) is 9.59 Å². The molecule has 0 aromatic heterocycles. The van der Waals surface area contributed by atoms with Crippen LogP contribution in [-0.2, 0) is 9.59 Å². The molecule has 0 aromatic carbocycles. The summed E-state index contributed by atoms with van der Waals surface area (Å²) in [6.07, 6.45) is 1.58. The van der Waals surface area contributed by atoms with E-state index in [0.29, 0.717) is 12.2 Å². The van der Waals surface area contributed by atoms with Gasteiger partial charge in [-0.2, -0.15) is 11.8 Å². The summed E-state index contributed by atoms with van der Waals surface area (Å²) in [6.45, 7) is 0. The summed E-state index contributed by atoms with van der Waals surface area (Å²) < 4.78 is 0. The first kappa shape index (κ1) is 13.2. The van der Waals surface area contributed by atoms with Crippen LogP contribution >= 0.6 is 11.8 Å². The average Bonchev–Trinajstić information content (AvgIpc) is 2.09. The summed E-state index contributed by atoms with van der Waals surface area (Å²) >= 11 is 1.44. The fraction of sp³-hybridized carbons (Fsp3) is 0.750. The van der Waals surface area contributed by atoms with Gasteiger partial charge in [0.25, 0.3) is 0 Å². The highest BCUT2D eigenvalue weighted by Gasteiger charge is 2.10. The summed E-state index contributed by atoms with van der Waals surface area (Å²) in [5, 5.41) is 16.8. The number of carboxylic acids is 2. The highest BCUT2D eigenvalue weighted by Crippen LogP contribution is 2.07. The second-order valence-electron chi connectivity index (χ2n) is 2.87. The molecule has 0 aliphatic carbocycles. The fourth-order valence-electron chi connectivity index (χ4n) is 0.762. The number of carbonyl (C=O) groups is 2. The molecule has 0 saturated heterocycles. The van der Waals surface area contributed by atoms with E-state index >= 15 is 0 Å². The molecule has 0 saturated carbocycles. The van der Waals surface area contributed by atoms with Gasteiger partial charge >= 0.3 is 11.9 Å². The minimum absolute atomic E-state index is 0.172. The zero-order valence-electron chi connectivity index (χ0n) is 7.81. The molecule has 0 radical (unpaired) electrons. The fourth-order valence-corrected chi connectivity index (χ4v) is 1.73. The zero-order valence-corrected chi connectivity index (χ0v) is 8.63. The quantitative estimate of drug-likeness (QED) is 0.512. The van der Waals surface area contributed by atoms with Gasteiger partial charge in [-0.3, -0.25) is 9.59 Å². The number of hydrogen-bond donors (Lipinski definition) is 3. The molecule has 0 amide bonds. The number of unbranched alkanes of at least 4 members (excludes halogenated alkanes) is 1. The SMILES string of the molecule is NC(CSCCCCC(=O)O)C(=O)O. The van der Waals surface area contributed by atoms with Gasteiger partial charge in [0.05, 0.1) is 0 Å². The number of aliphatic carboxylic acids is 2. The molecule has 0 rings (SSSR count). The number of thioether (sulfide) groups is 1. The normalized spacial score (nSPS) is 12.4. The lowest BCUT2D eigenvalue weighted by molar-refractivity contribution is -0.138. The minimum Gasteiger partial charge on any atom is -0.481 e. The van der Waals surface area contributed by atoms with Crippen LogP contribution in [0.2, 0.25) is 0 Å². The van der Waals surface area contributed by atoms with Gasteiger partial charge in [-0.1, -0.05) is 0 Å². The largest absolute Gasteiger partial charge is 0.481 e. The van der Waals surface area contributed by atoms with Crippen LogP contribution in [0.25, 0.3) is 0 Å². The van der Waals surface area contributed by atoms with E-state index in [1.54, 1.807) is 0 Å². The van der Waals surface area contributed by atoms with Crippen LogP contribution in [0, 0.1) is 0 Å². The standard InChI is InChI=1S/C8H15NO4S/c9-6(8(12)13)5-14-4-2-1-3-7(10)11/h6H,1-5,9H2,(H,10,11)(H,12,13). The van der Waals surface area contributed by atoms with E-state index in [0.717, 1.165) is 12.2 Å². The van der Waals surface area contributed by atoms with Crippen molar-refractivity contribution in [2.24, 2.45) is 5.73 Å². The highest BCUT2D eigenvalue weighted by molar-refractivity contribution is 7.99. The van der Waals surface area contributed by atoms with Crippen molar-refractivity contribution in [2.75, 3.05) is 11.5 Å². The lowest BCUT2D eigenvalue weighted by Gasteiger charge is -2.04. The zero-order chi connectivity index (χ0) is 11.0. The topological polar surface area (TPSA) is 101 Å². The maximum absolute atomic E-state index is 10.3. The molecule has 82 valence electrons. The minimum atomic E-state index is -0.997. The summed E-state index contributed by atoms with van der Waals surface area (Å²) in [5.41, 5.74) is 5.26. The lowest BCUT2D eigenvalue weighted by Crippen LogP contribution is -2.32. The van der Waals surface area contributed by atoms with Gasteiger partial charge in [0.1, 0.15) is 6.04 Å². The van der Waals surface area contributed by atoms with E-state index in [4.69, 9.17) is 15.9 Å². The van der Waals surface area contributed by atoms with Crippen LogP contribution in [0.4, 0.5) is 0 Å². The number of hydrogen-bond acceptors (Lipinski definition) is 4. The van der Waals surface area contributed by atoms with E-state index in [2.05, 4.69) is 0 Å². The van der Waals surface area contributed by atoms with E-state index in [-0.39, 0.29) is 6.42 Å². The van der Waals surface area contributed by atoms with E-state index in [1.165, 1.54) is 11.8 Å². The van der Waals surface area contributed by atoms with Crippen LogP contribution in [0.1, 0.15) is 19.3 Å². The Morgan fingerprint density at radius 1 is 1.29 bits per heavy atom. The molecule has 4 N–H and O–H groups in total. The Kier molecular flexibility index (Phi) is 7.23. The molecule has 0 spiro atoms. The Hall–Kier alpha value is -0.750. The number of carboxylic acid groups (broad SMARTS) is 2. The van der Waals surface area contributed by atoms with Gasteiger partial charge in [-0.05, 0) is 18.6 Å². The molecule has 0 aliphatic rings. The van der Waals surface area contributed by atoms with Crippen LogP contribution in [0.15, 0.2) is 0 Å². The van der Waals surface area contributed by atoms with Crippen molar-refractivity contribution < 1.29 is 19.8 Å². The Morgan fingerprint density at radius 2 is 1.93 bits per heavy atom. The first-order valence-corrected chi connectivity index (χ1v) is 5.47. The molecule has 0 bridgehead atoms. The molecule has 1 atom stereocenters. The summed E-state index contributed by atoms with van der Waals surface area (Å²) in [5.74, 6) is -0.656. The van der Waals surface area contributed by atoms with Crippen LogP contribution in [0.5, 0.6) is 0 Å². The predicted molar refractivity (Wildman–Crippen MR) is 54.4 cm³/mol. The first-order chi connectivity index (χ1) is 6.54. The third kappa shape index (κ3) is 7.88. The van der Waals surface area contributed by atoms with Gasteiger partial charge in [0, 0.05) is 12.2 Å². The second-order valence-corrected chi connectivity index (χ2v) is 4.02. The van der Waals surface area contributed by atoms with Gasteiger partial charge in [-0.25, -0.2) is 0 Å². The highest BCUT2D eigenvalue weighted by atomic mass is 32.2. The molecule has 0 heterocycles. The van der Waals surface area contributed by atoms with Crippen LogP contribution < -0.4 is 5.73 Å². The van der Waals surface area contributed by atoms with Gasteiger partial charge in [-0.15, -0.1) is 0 Å². The Labute approximate surface area is 86.7 Å². The van der Waals surface area contributed by atoms with Crippen molar-refractivity contribution in [3.05, 3.63) is 0 Å². The second kappa shape index (κ2) is 7.64. The molecular weight excluding hydrogens is 206 g/mol. The maximum atomic E-state index is 10.3. The summed E-state index contributed by atoms with van der Waals surface area (Å²) in [4.78, 5) is 20.4. The van der Waals surface area contributed by atoms with Gasteiger partial charge in [0.2, 0.25) is 0 Å². The van der Waals surface area contributed by atoms with Crippen molar-refractivity contribution in [1.29, 1.82) is 0 Å². The predicted octanol–water partition coefficient (Wildman–Crippen LogP) is 0.386. The molecule has 14 heavy (non-hydrogen) atoms. The van der Waals surface area contributed by atoms with E-state index in [1.807, 2.05) is 0 Å². The Morgan fingerprint density at radius 3 is 2.43 bits per heavy atom. The molecule has 1 unspecified atom stereocenters. The van der Waals surface area contributed by atoms with Gasteiger partial charge < -0.3 is 15.9 Å². The van der Waals surface area contributed by atoms with Crippen LogP contribution in [0.3, 0.4) is 0 Å². The Balaban J connectivity index is 3.21. The van der Waals surface area contributed by atoms with Crippen LogP contribution in [-0.4, -0.2) is 39.7 Å². The molecule has 0 aromatic rings. The van der Waals surface area contributed by atoms with Crippen molar-refractivity contribution in [3.8, 4) is 0 Å². The monoisotopic (exact) mass is 221 g/mol. The van der Waals surface area contributed by atoms with Crippen molar-refractivity contribution >= 4 is 23.7 Å². The lowest BCUT2D eigenvalue weighted by atomic mass is 10.2. The smallest absolute Gasteiger partial charge is 0.321 e. The number of nitrogens with two attached hydrogens (primary N) is 1.